The number of amides is 3. The van der Waals surface area contributed by atoms with Crippen LogP contribution in [0.4, 0.5) is 11.4 Å². The molecule has 1 fully saturated rings. The fourth-order valence-electron chi connectivity index (χ4n) is 4.06. The van der Waals surface area contributed by atoms with Crippen LogP contribution < -0.4 is 15.5 Å². The molecule has 0 unspecified atom stereocenters. The van der Waals surface area contributed by atoms with Crippen molar-refractivity contribution in [2.45, 2.75) is 51.5 Å². The van der Waals surface area contributed by atoms with E-state index < -0.39 is 5.54 Å². The van der Waals surface area contributed by atoms with Crippen LogP contribution in [0.2, 0.25) is 0 Å². The Morgan fingerprint density at radius 1 is 0.933 bits per heavy atom. The summed E-state index contributed by atoms with van der Waals surface area (Å²) in [6.07, 6.45) is 3.90. The summed E-state index contributed by atoms with van der Waals surface area (Å²) in [7, 11) is 0. The molecule has 0 atom stereocenters. The van der Waals surface area contributed by atoms with Crippen LogP contribution >= 0.6 is 0 Å². The molecule has 0 aliphatic heterocycles. The summed E-state index contributed by atoms with van der Waals surface area (Å²) in [5, 5.41) is 5.61. The third kappa shape index (κ3) is 4.87. The molecule has 2 aromatic rings. The van der Waals surface area contributed by atoms with E-state index in [-0.39, 0.29) is 24.3 Å². The fraction of sp³-hybridized carbons (Fsp3) is 0.375. The second-order valence-corrected chi connectivity index (χ2v) is 7.89. The van der Waals surface area contributed by atoms with E-state index in [4.69, 9.17) is 0 Å². The van der Waals surface area contributed by atoms with Crippen molar-refractivity contribution in [3.8, 4) is 0 Å². The van der Waals surface area contributed by atoms with E-state index in [1.54, 1.807) is 4.90 Å². The Hall–Kier alpha value is -3.15. The third-order valence-corrected chi connectivity index (χ3v) is 5.59. The minimum absolute atomic E-state index is 0.149. The molecular weight excluding hydrogens is 378 g/mol. The van der Waals surface area contributed by atoms with Crippen molar-refractivity contribution in [2.24, 2.45) is 0 Å². The zero-order valence-corrected chi connectivity index (χ0v) is 17.6. The first-order chi connectivity index (χ1) is 14.4. The van der Waals surface area contributed by atoms with Crippen molar-refractivity contribution in [1.82, 2.24) is 5.32 Å². The molecule has 0 heterocycles. The van der Waals surface area contributed by atoms with Gasteiger partial charge in [-0.25, -0.2) is 0 Å². The maximum absolute atomic E-state index is 13.6. The van der Waals surface area contributed by atoms with E-state index in [0.717, 1.165) is 24.8 Å². The molecule has 0 spiro atoms. The maximum atomic E-state index is 13.6. The molecule has 2 aromatic carbocycles. The van der Waals surface area contributed by atoms with Crippen LogP contribution in [0.1, 0.15) is 44.6 Å². The zero-order chi connectivity index (χ0) is 21.6. The maximum Gasteiger partial charge on any atom is 0.250 e. The van der Waals surface area contributed by atoms with Crippen molar-refractivity contribution in [2.75, 3.05) is 16.8 Å². The quantitative estimate of drug-likeness (QED) is 0.764. The van der Waals surface area contributed by atoms with Gasteiger partial charge in [-0.2, -0.15) is 0 Å². The number of hydrogen-bond acceptors (Lipinski definition) is 3. The van der Waals surface area contributed by atoms with Crippen LogP contribution in [0.15, 0.2) is 54.6 Å². The molecule has 3 rings (SSSR count). The van der Waals surface area contributed by atoms with Crippen molar-refractivity contribution >= 4 is 29.1 Å². The molecule has 0 bridgehead atoms. The average Bonchev–Trinajstić information content (AvgIpc) is 2.75. The summed E-state index contributed by atoms with van der Waals surface area (Å²) >= 11 is 0. The highest BCUT2D eigenvalue weighted by Gasteiger charge is 2.47. The first-order valence-corrected chi connectivity index (χ1v) is 10.4. The Labute approximate surface area is 177 Å². The monoisotopic (exact) mass is 407 g/mol. The lowest BCUT2D eigenvalue weighted by atomic mass is 9.78. The highest BCUT2D eigenvalue weighted by atomic mass is 16.2. The number of aryl methyl sites for hydroxylation is 1. The van der Waals surface area contributed by atoms with Crippen LogP contribution in [-0.2, 0) is 14.4 Å². The summed E-state index contributed by atoms with van der Waals surface area (Å²) in [6.45, 7) is 3.22. The van der Waals surface area contributed by atoms with Crippen LogP contribution in [0.25, 0.3) is 0 Å². The number of benzene rings is 2. The smallest absolute Gasteiger partial charge is 0.250 e. The predicted molar refractivity (Wildman–Crippen MR) is 118 cm³/mol. The van der Waals surface area contributed by atoms with Gasteiger partial charge >= 0.3 is 0 Å². The van der Waals surface area contributed by atoms with Crippen LogP contribution in [0.5, 0.6) is 0 Å². The van der Waals surface area contributed by atoms with E-state index in [9.17, 15) is 14.4 Å². The van der Waals surface area contributed by atoms with Gasteiger partial charge in [0, 0.05) is 18.3 Å². The molecule has 6 heteroatoms. The molecule has 3 amide bonds. The number of nitrogens with one attached hydrogen (secondary N) is 2. The van der Waals surface area contributed by atoms with Gasteiger partial charge in [0.15, 0.2) is 0 Å². The predicted octanol–water partition coefficient (Wildman–Crippen LogP) is 3.81. The van der Waals surface area contributed by atoms with Crippen molar-refractivity contribution < 1.29 is 14.4 Å². The largest absolute Gasteiger partial charge is 0.347 e. The number of carbonyl (C=O) groups excluding carboxylic acids is 3. The standard InChI is InChI=1S/C24H29N3O3/c1-18-11-13-20(14-12-18)26-23(30)24(15-7-4-8-16-24)27(21-9-5-3-6-10-21)22(29)17-25-19(2)28/h3,5-6,9-14H,4,7-8,15-17H2,1-2H3,(H,25,28)(H,26,30). The van der Waals surface area contributed by atoms with Crippen molar-refractivity contribution in [3.05, 3.63) is 60.2 Å². The lowest BCUT2D eigenvalue weighted by molar-refractivity contribution is -0.128. The van der Waals surface area contributed by atoms with Gasteiger partial charge in [-0.15, -0.1) is 0 Å². The van der Waals surface area contributed by atoms with Crippen LogP contribution in [0, 0.1) is 6.92 Å². The number of carbonyl (C=O) groups is 3. The third-order valence-electron chi connectivity index (χ3n) is 5.59. The van der Waals surface area contributed by atoms with Gasteiger partial charge in [0.25, 0.3) is 5.91 Å². The second-order valence-electron chi connectivity index (χ2n) is 7.89. The zero-order valence-electron chi connectivity index (χ0n) is 17.6. The Bertz CT molecular complexity index is 888. The summed E-state index contributed by atoms with van der Waals surface area (Å²) < 4.78 is 0. The fourth-order valence-corrected chi connectivity index (χ4v) is 4.06. The number of anilines is 2. The van der Waals surface area contributed by atoms with Gasteiger partial charge in [0.05, 0.1) is 6.54 Å². The van der Waals surface area contributed by atoms with Crippen molar-refractivity contribution in [1.29, 1.82) is 0 Å². The summed E-state index contributed by atoms with van der Waals surface area (Å²) in [6, 6.07) is 16.9. The Morgan fingerprint density at radius 2 is 1.57 bits per heavy atom. The molecule has 30 heavy (non-hydrogen) atoms. The van der Waals surface area contributed by atoms with E-state index in [0.29, 0.717) is 24.2 Å². The van der Waals surface area contributed by atoms with Crippen LogP contribution in [0.3, 0.4) is 0 Å². The first kappa shape index (κ1) is 21.6. The van der Waals surface area contributed by atoms with Gasteiger partial charge in [-0.05, 0) is 44.0 Å². The minimum Gasteiger partial charge on any atom is -0.347 e. The minimum atomic E-state index is -1.000. The van der Waals surface area contributed by atoms with Gasteiger partial charge in [0.2, 0.25) is 11.8 Å². The number of nitrogens with zero attached hydrogens (tertiary/aromatic N) is 1. The molecule has 0 saturated heterocycles. The molecule has 1 aliphatic rings. The normalized spacial score (nSPS) is 15.1. The SMILES string of the molecule is CC(=O)NCC(=O)N(c1ccccc1)C1(C(=O)Nc2ccc(C)cc2)CCCCC1. The van der Waals surface area contributed by atoms with Gasteiger partial charge < -0.3 is 10.6 Å². The second kappa shape index (κ2) is 9.57. The molecule has 1 saturated carbocycles. The molecule has 0 radical (unpaired) electrons. The lowest BCUT2D eigenvalue weighted by Gasteiger charge is -2.45. The van der Waals surface area contributed by atoms with E-state index in [2.05, 4.69) is 10.6 Å². The molecule has 158 valence electrons. The Kier molecular flexibility index (Phi) is 6.87. The van der Waals surface area contributed by atoms with E-state index in [1.807, 2.05) is 61.5 Å². The molecular formula is C24H29N3O3. The topological polar surface area (TPSA) is 78.5 Å². The van der Waals surface area contributed by atoms with Crippen LogP contribution in [-0.4, -0.2) is 29.8 Å². The van der Waals surface area contributed by atoms with E-state index >= 15 is 0 Å². The molecule has 2 N–H and O–H groups in total. The molecule has 6 nitrogen and oxygen atoms in total. The summed E-state index contributed by atoms with van der Waals surface area (Å²) in [5.41, 5.74) is 1.48. The summed E-state index contributed by atoms with van der Waals surface area (Å²) in [5.74, 6) is -0.762. The van der Waals surface area contributed by atoms with Gasteiger partial charge in [-0.3, -0.25) is 19.3 Å². The Balaban J connectivity index is 1.99. The first-order valence-electron chi connectivity index (χ1n) is 10.4. The van der Waals surface area contributed by atoms with Gasteiger partial charge in [0.1, 0.15) is 5.54 Å². The highest BCUT2D eigenvalue weighted by molar-refractivity contribution is 6.09. The van der Waals surface area contributed by atoms with Crippen molar-refractivity contribution in [3.63, 3.8) is 0 Å². The van der Waals surface area contributed by atoms with E-state index in [1.165, 1.54) is 6.92 Å². The highest BCUT2D eigenvalue weighted by Crippen LogP contribution is 2.38. The number of rotatable bonds is 6. The number of hydrogen-bond donors (Lipinski definition) is 2. The van der Waals surface area contributed by atoms with Gasteiger partial charge in [-0.1, -0.05) is 55.2 Å². The average molecular weight is 408 g/mol. The molecule has 1 aliphatic carbocycles. The summed E-state index contributed by atoms with van der Waals surface area (Å²) in [4.78, 5) is 39.9. The number of para-hydroxylation sites is 1. The Morgan fingerprint density at radius 3 is 2.17 bits per heavy atom. The lowest BCUT2D eigenvalue weighted by Crippen LogP contribution is -2.62. The molecule has 0 aromatic heterocycles.